The van der Waals surface area contributed by atoms with E-state index in [0.717, 1.165) is 30.8 Å². The molecule has 0 aromatic heterocycles. The molecule has 0 radical (unpaired) electrons. The van der Waals surface area contributed by atoms with Gasteiger partial charge in [-0.05, 0) is 24.1 Å². The molecule has 0 aliphatic heterocycles. The predicted molar refractivity (Wildman–Crippen MR) is 73.3 cm³/mol. The van der Waals surface area contributed by atoms with Gasteiger partial charge in [0, 0.05) is 13.0 Å². The topological polar surface area (TPSA) is 68.3 Å². The van der Waals surface area contributed by atoms with E-state index in [1.54, 1.807) is 0 Å². The van der Waals surface area contributed by atoms with Crippen LogP contribution in [0.25, 0.3) is 0 Å². The fourth-order valence-electron chi connectivity index (χ4n) is 1.49. The molecule has 4 nitrogen and oxygen atoms in total. The Morgan fingerprint density at radius 2 is 1.89 bits per heavy atom. The van der Waals surface area contributed by atoms with Crippen LogP contribution in [0.15, 0.2) is 24.3 Å². The van der Waals surface area contributed by atoms with Gasteiger partial charge in [-0.2, -0.15) is 0 Å². The van der Waals surface area contributed by atoms with Crippen molar-refractivity contribution in [2.75, 3.05) is 19.8 Å². The van der Waals surface area contributed by atoms with Crippen LogP contribution in [0.4, 0.5) is 0 Å². The number of unbranched alkanes of at least 4 members (excludes halogenated alkanes) is 1. The molecule has 0 spiro atoms. The molecule has 1 aromatic rings. The van der Waals surface area contributed by atoms with Gasteiger partial charge in [0.1, 0.15) is 12.4 Å². The molecule has 0 fully saturated rings. The lowest BCUT2D eigenvalue weighted by Gasteiger charge is -2.07. The number of amidine groups is 1. The highest BCUT2D eigenvalue weighted by Crippen LogP contribution is 2.12. The lowest BCUT2D eigenvalue weighted by Crippen LogP contribution is -2.12. The normalized spacial score (nSPS) is 10.3. The molecule has 4 heteroatoms. The third-order valence-corrected chi connectivity index (χ3v) is 2.46. The summed E-state index contributed by atoms with van der Waals surface area (Å²) >= 11 is 0. The maximum atomic E-state index is 7.21. The van der Waals surface area contributed by atoms with Crippen molar-refractivity contribution < 1.29 is 9.47 Å². The Kier molecular flexibility index (Phi) is 6.87. The van der Waals surface area contributed by atoms with E-state index in [0.29, 0.717) is 19.6 Å². The van der Waals surface area contributed by atoms with E-state index >= 15 is 0 Å². The summed E-state index contributed by atoms with van der Waals surface area (Å²) in [6, 6.07) is 7.64. The van der Waals surface area contributed by atoms with Crippen molar-refractivity contribution >= 4 is 5.84 Å². The van der Waals surface area contributed by atoms with Crippen LogP contribution in [0.1, 0.15) is 25.3 Å². The molecule has 3 N–H and O–H groups in total. The molecule has 18 heavy (non-hydrogen) atoms. The van der Waals surface area contributed by atoms with Gasteiger partial charge in [-0.25, -0.2) is 0 Å². The van der Waals surface area contributed by atoms with E-state index in [-0.39, 0.29) is 5.84 Å². The number of rotatable bonds is 9. The number of nitrogens with one attached hydrogen (secondary N) is 1. The first kappa shape index (κ1) is 14.5. The highest BCUT2D eigenvalue weighted by atomic mass is 16.5. The van der Waals surface area contributed by atoms with Crippen LogP contribution in [-0.4, -0.2) is 25.7 Å². The van der Waals surface area contributed by atoms with Crippen molar-refractivity contribution in [2.45, 2.75) is 26.2 Å². The molecule has 100 valence electrons. The summed E-state index contributed by atoms with van der Waals surface area (Å²) in [5.41, 5.74) is 6.36. The van der Waals surface area contributed by atoms with Gasteiger partial charge in [0.05, 0.1) is 12.4 Å². The second kappa shape index (κ2) is 8.53. The largest absolute Gasteiger partial charge is 0.491 e. The fourth-order valence-corrected chi connectivity index (χ4v) is 1.49. The summed E-state index contributed by atoms with van der Waals surface area (Å²) in [7, 11) is 0. The summed E-state index contributed by atoms with van der Waals surface area (Å²) in [6.45, 7) is 4.13. The van der Waals surface area contributed by atoms with Gasteiger partial charge < -0.3 is 15.2 Å². The third-order valence-electron chi connectivity index (χ3n) is 2.46. The van der Waals surface area contributed by atoms with Gasteiger partial charge in [-0.15, -0.1) is 0 Å². The fraction of sp³-hybridized carbons (Fsp3) is 0.500. The van der Waals surface area contributed by atoms with Gasteiger partial charge in [0.2, 0.25) is 0 Å². The molecular weight excluding hydrogens is 228 g/mol. The first-order valence-corrected chi connectivity index (χ1v) is 6.34. The van der Waals surface area contributed by atoms with E-state index in [1.807, 2.05) is 24.3 Å². The second-order valence-corrected chi connectivity index (χ2v) is 4.16. The van der Waals surface area contributed by atoms with Crippen molar-refractivity contribution in [2.24, 2.45) is 5.73 Å². The molecule has 0 heterocycles. The van der Waals surface area contributed by atoms with E-state index < -0.39 is 0 Å². The minimum atomic E-state index is 0.174. The van der Waals surface area contributed by atoms with E-state index in [4.69, 9.17) is 20.6 Å². The van der Waals surface area contributed by atoms with Crippen molar-refractivity contribution in [3.05, 3.63) is 29.8 Å². The van der Waals surface area contributed by atoms with Crippen molar-refractivity contribution in [1.29, 1.82) is 5.41 Å². The zero-order valence-corrected chi connectivity index (χ0v) is 10.9. The Morgan fingerprint density at radius 1 is 1.17 bits per heavy atom. The van der Waals surface area contributed by atoms with E-state index in [1.165, 1.54) is 0 Å². The number of hydrogen-bond acceptors (Lipinski definition) is 3. The van der Waals surface area contributed by atoms with Gasteiger partial charge in [-0.1, -0.05) is 25.5 Å². The Balaban J connectivity index is 2.20. The van der Waals surface area contributed by atoms with Crippen molar-refractivity contribution in [3.8, 4) is 5.75 Å². The smallest absolute Gasteiger partial charge is 0.119 e. The summed E-state index contributed by atoms with van der Waals surface area (Å²) in [5.74, 6) is 0.995. The van der Waals surface area contributed by atoms with E-state index in [9.17, 15) is 0 Å². The highest BCUT2D eigenvalue weighted by Gasteiger charge is 1.97. The standard InChI is InChI=1S/C14H22N2O2/c1-2-3-8-17-9-10-18-13-6-4-12(5-7-13)11-14(15)16/h4-7H,2-3,8-11H2,1H3,(H3,15,16). The predicted octanol–water partition coefficient (Wildman–Crippen LogP) is 2.36. The molecule has 0 aliphatic rings. The van der Waals surface area contributed by atoms with Gasteiger partial charge in [-0.3, -0.25) is 5.41 Å². The molecule has 0 bridgehead atoms. The summed E-state index contributed by atoms with van der Waals surface area (Å²) < 4.78 is 10.9. The average Bonchev–Trinajstić information content (AvgIpc) is 2.35. The maximum Gasteiger partial charge on any atom is 0.119 e. The number of nitrogens with two attached hydrogens (primary N) is 1. The minimum Gasteiger partial charge on any atom is -0.491 e. The van der Waals surface area contributed by atoms with Gasteiger partial charge in [0.25, 0.3) is 0 Å². The Bertz CT molecular complexity index is 349. The molecule has 0 aliphatic carbocycles. The quantitative estimate of drug-likeness (QED) is 0.401. The van der Waals surface area contributed by atoms with Crippen LogP contribution >= 0.6 is 0 Å². The van der Waals surface area contributed by atoms with Crippen LogP contribution < -0.4 is 10.5 Å². The highest BCUT2D eigenvalue weighted by molar-refractivity contribution is 5.79. The van der Waals surface area contributed by atoms with Crippen LogP contribution in [-0.2, 0) is 11.2 Å². The summed E-state index contributed by atoms with van der Waals surface area (Å²) in [4.78, 5) is 0. The van der Waals surface area contributed by atoms with Crippen LogP contribution in [0.5, 0.6) is 5.75 Å². The Labute approximate surface area is 109 Å². The Hall–Kier alpha value is -1.55. The molecule has 0 saturated heterocycles. The molecular formula is C14H22N2O2. The molecule has 0 unspecified atom stereocenters. The van der Waals surface area contributed by atoms with E-state index in [2.05, 4.69) is 6.92 Å². The lowest BCUT2D eigenvalue weighted by atomic mass is 10.1. The van der Waals surface area contributed by atoms with Crippen LogP contribution in [0.3, 0.4) is 0 Å². The zero-order chi connectivity index (χ0) is 13.2. The summed E-state index contributed by atoms with van der Waals surface area (Å²) in [5, 5.41) is 7.21. The number of ether oxygens (including phenoxy) is 2. The molecule has 0 amide bonds. The number of hydrogen-bond donors (Lipinski definition) is 2. The Morgan fingerprint density at radius 3 is 2.50 bits per heavy atom. The van der Waals surface area contributed by atoms with Crippen molar-refractivity contribution in [3.63, 3.8) is 0 Å². The molecule has 0 atom stereocenters. The molecule has 1 aromatic carbocycles. The van der Waals surface area contributed by atoms with Crippen molar-refractivity contribution in [1.82, 2.24) is 0 Å². The zero-order valence-electron chi connectivity index (χ0n) is 10.9. The van der Waals surface area contributed by atoms with Gasteiger partial charge >= 0.3 is 0 Å². The summed E-state index contributed by atoms with van der Waals surface area (Å²) in [6.07, 6.45) is 2.73. The van der Waals surface area contributed by atoms with Crippen LogP contribution in [0.2, 0.25) is 0 Å². The lowest BCUT2D eigenvalue weighted by molar-refractivity contribution is 0.0980. The van der Waals surface area contributed by atoms with Crippen LogP contribution in [0, 0.1) is 5.41 Å². The minimum absolute atomic E-state index is 0.174. The average molecular weight is 250 g/mol. The first-order chi connectivity index (χ1) is 8.72. The monoisotopic (exact) mass is 250 g/mol. The second-order valence-electron chi connectivity index (χ2n) is 4.16. The molecule has 0 saturated carbocycles. The first-order valence-electron chi connectivity index (χ1n) is 6.34. The molecule has 1 rings (SSSR count). The maximum absolute atomic E-state index is 7.21. The SMILES string of the molecule is CCCCOCCOc1ccc(CC(=N)N)cc1. The third kappa shape index (κ3) is 6.25. The number of benzene rings is 1. The van der Waals surface area contributed by atoms with Gasteiger partial charge in [0.15, 0.2) is 0 Å².